The first-order valence-electron chi connectivity index (χ1n) is 3.67. The van der Waals surface area contributed by atoms with Crippen molar-refractivity contribution in [1.29, 1.82) is 5.41 Å². The van der Waals surface area contributed by atoms with Crippen LogP contribution in [0, 0.1) is 5.41 Å². The topological polar surface area (TPSA) is 33.1 Å². The van der Waals surface area contributed by atoms with E-state index >= 15 is 0 Å². The van der Waals surface area contributed by atoms with Crippen LogP contribution in [0.4, 0.5) is 0 Å². The minimum atomic E-state index is 0.776. The lowest BCUT2D eigenvalue weighted by Crippen LogP contribution is -1.85. The summed E-state index contributed by atoms with van der Waals surface area (Å²) in [6.45, 7) is 0. The summed E-state index contributed by atoms with van der Waals surface area (Å²) in [6, 6.07) is 9.69. The highest BCUT2D eigenvalue weighted by Gasteiger charge is 1.95. The van der Waals surface area contributed by atoms with Crippen LogP contribution in [0.1, 0.15) is 5.56 Å². The Morgan fingerprint density at radius 3 is 2.50 bits per heavy atom. The van der Waals surface area contributed by atoms with Crippen molar-refractivity contribution < 1.29 is 4.74 Å². The minimum absolute atomic E-state index is 0.776. The lowest BCUT2D eigenvalue weighted by Gasteiger charge is -1.99. The van der Waals surface area contributed by atoms with Crippen molar-refractivity contribution >= 4 is 11.8 Å². The lowest BCUT2D eigenvalue weighted by molar-refractivity contribution is 0.340. The molecular weight excluding hydrogens is 150 g/mol. The third-order valence-corrected chi connectivity index (χ3v) is 1.51. The van der Waals surface area contributed by atoms with E-state index < -0.39 is 0 Å². The van der Waals surface area contributed by atoms with Gasteiger partial charge in [0.05, 0.1) is 13.4 Å². The molecular formula is C10H11NO. The largest absolute Gasteiger partial charge is 0.504 e. The molecule has 2 heteroatoms. The van der Waals surface area contributed by atoms with Gasteiger partial charge in [-0.2, -0.15) is 0 Å². The number of methoxy groups -OCH3 is 1. The molecule has 1 N–H and O–H groups in total. The third-order valence-electron chi connectivity index (χ3n) is 1.51. The van der Waals surface area contributed by atoms with Gasteiger partial charge in [0, 0.05) is 11.8 Å². The standard InChI is InChI=1S/C10H11NO/c1-12-8-10(7-11)9-5-3-2-4-6-9/h2-8,11H,1H3/b10-8-,11-7?. The monoisotopic (exact) mass is 161 g/mol. The number of benzene rings is 1. The SMILES string of the molecule is CO/C=C(/C=N)c1ccccc1. The Morgan fingerprint density at radius 1 is 1.33 bits per heavy atom. The van der Waals surface area contributed by atoms with Crippen molar-refractivity contribution in [3.63, 3.8) is 0 Å². The molecule has 0 aliphatic rings. The molecule has 0 atom stereocenters. The summed E-state index contributed by atoms with van der Waals surface area (Å²) in [5.41, 5.74) is 1.77. The molecule has 0 fully saturated rings. The molecule has 0 aliphatic heterocycles. The third kappa shape index (κ3) is 1.95. The van der Waals surface area contributed by atoms with Crippen molar-refractivity contribution in [2.45, 2.75) is 0 Å². The highest BCUT2D eigenvalue weighted by atomic mass is 16.5. The van der Waals surface area contributed by atoms with Crippen molar-refractivity contribution in [3.8, 4) is 0 Å². The van der Waals surface area contributed by atoms with E-state index in [1.807, 2.05) is 30.3 Å². The van der Waals surface area contributed by atoms with Crippen LogP contribution in [0.3, 0.4) is 0 Å². The second-order valence-corrected chi connectivity index (χ2v) is 2.32. The number of ether oxygens (including phenoxy) is 1. The van der Waals surface area contributed by atoms with E-state index in [1.165, 1.54) is 6.21 Å². The summed E-state index contributed by atoms with van der Waals surface area (Å²) >= 11 is 0. The molecule has 0 heterocycles. The van der Waals surface area contributed by atoms with E-state index in [0.717, 1.165) is 11.1 Å². The van der Waals surface area contributed by atoms with Gasteiger partial charge in [-0.25, -0.2) is 0 Å². The van der Waals surface area contributed by atoms with Gasteiger partial charge in [0.15, 0.2) is 0 Å². The van der Waals surface area contributed by atoms with E-state index in [4.69, 9.17) is 10.1 Å². The van der Waals surface area contributed by atoms with Gasteiger partial charge in [0.1, 0.15) is 0 Å². The predicted molar refractivity (Wildman–Crippen MR) is 50.2 cm³/mol. The fourth-order valence-corrected chi connectivity index (χ4v) is 0.943. The number of allylic oxidation sites excluding steroid dienone is 1. The van der Waals surface area contributed by atoms with Gasteiger partial charge in [0.2, 0.25) is 0 Å². The maximum absolute atomic E-state index is 7.13. The number of nitrogens with one attached hydrogen (secondary N) is 1. The second-order valence-electron chi connectivity index (χ2n) is 2.32. The van der Waals surface area contributed by atoms with Crippen LogP contribution in [-0.4, -0.2) is 13.3 Å². The Kier molecular flexibility index (Phi) is 3.08. The molecule has 1 rings (SSSR count). The summed E-state index contributed by atoms with van der Waals surface area (Å²) in [7, 11) is 1.58. The van der Waals surface area contributed by atoms with E-state index in [0.29, 0.717) is 0 Å². The van der Waals surface area contributed by atoms with Gasteiger partial charge >= 0.3 is 0 Å². The molecule has 2 nitrogen and oxygen atoms in total. The van der Waals surface area contributed by atoms with Gasteiger partial charge in [-0.1, -0.05) is 30.3 Å². The van der Waals surface area contributed by atoms with E-state index in [1.54, 1.807) is 13.4 Å². The number of hydrogen-bond acceptors (Lipinski definition) is 2. The van der Waals surface area contributed by atoms with Crippen LogP contribution in [-0.2, 0) is 4.74 Å². The van der Waals surface area contributed by atoms with Crippen LogP contribution in [0.5, 0.6) is 0 Å². The Balaban J connectivity index is 2.96. The molecule has 12 heavy (non-hydrogen) atoms. The molecule has 0 radical (unpaired) electrons. The van der Waals surface area contributed by atoms with E-state index in [2.05, 4.69) is 0 Å². The summed E-state index contributed by atoms with van der Waals surface area (Å²) in [5, 5.41) is 7.13. The normalized spacial score (nSPS) is 10.9. The smallest absolute Gasteiger partial charge is 0.0918 e. The highest BCUT2D eigenvalue weighted by molar-refractivity contribution is 6.07. The Morgan fingerprint density at radius 2 is 2.00 bits per heavy atom. The zero-order valence-corrected chi connectivity index (χ0v) is 6.95. The first-order valence-corrected chi connectivity index (χ1v) is 3.67. The van der Waals surface area contributed by atoms with Gasteiger partial charge < -0.3 is 10.1 Å². The fourth-order valence-electron chi connectivity index (χ4n) is 0.943. The number of rotatable bonds is 3. The predicted octanol–water partition coefficient (Wildman–Crippen LogP) is 2.32. The molecule has 1 aromatic carbocycles. The zero-order chi connectivity index (χ0) is 8.81. The Labute approximate surface area is 72.0 Å². The number of hydrogen-bond donors (Lipinski definition) is 1. The summed E-state index contributed by atoms with van der Waals surface area (Å²) in [5.74, 6) is 0. The van der Waals surface area contributed by atoms with Crippen molar-refractivity contribution in [2.75, 3.05) is 7.11 Å². The fraction of sp³-hybridized carbons (Fsp3) is 0.100. The van der Waals surface area contributed by atoms with Gasteiger partial charge in [-0.15, -0.1) is 0 Å². The second kappa shape index (κ2) is 4.34. The van der Waals surface area contributed by atoms with Crippen molar-refractivity contribution in [3.05, 3.63) is 42.2 Å². The van der Waals surface area contributed by atoms with Gasteiger partial charge in [-0.05, 0) is 5.56 Å². The average Bonchev–Trinajstić information content (AvgIpc) is 2.15. The minimum Gasteiger partial charge on any atom is -0.504 e. The summed E-state index contributed by atoms with van der Waals surface area (Å²) in [4.78, 5) is 0. The molecule has 0 amide bonds. The van der Waals surface area contributed by atoms with Crippen molar-refractivity contribution in [1.82, 2.24) is 0 Å². The van der Waals surface area contributed by atoms with Gasteiger partial charge in [0.25, 0.3) is 0 Å². The quantitative estimate of drug-likeness (QED) is 0.535. The molecule has 0 saturated heterocycles. The first-order chi connectivity index (χ1) is 5.88. The molecule has 62 valence electrons. The van der Waals surface area contributed by atoms with Crippen LogP contribution in [0.15, 0.2) is 36.6 Å². The average molecular weight is 161 g/mol. The zero-order valence-electron chi connectivity index (χ0n) is 6.95. The maximum atomic E-state index is 7.13. The molecule has 0 spiro atoms. The van der Waals surface area contributed by atoms with Crippen LogP contribution < -0.4 is 0 Å². The molecule has 0 aromatic heterocycles. The molecule has 0 unspecified atom stereocenters. The highest BCUT2D eigenvalue weighted by Crippen LogP contribution is 2.10. The summed E-state index contributed by atoms with van der Waals surface area (Å²) < 4.78 is 4.84. The Bertz CT molecular complexity index is 277. The lowest BCUT2D eigenvalue weighted by atomic mass is 10.1. The van der Waals surface area contributed by atoms with Crippen molar-refractivity contribution in [2.24, 2.45) is 0 Å². The first kappa shape index (κ1) is 8.53. The van der Waals surface area contributed by atoms with Gasteiger partial charge in [-0.3, -0.25) is 0 Å². The molecule has 1 aromatic rings. The molecule has 0 saturated carbocycles. The van der Waals surface area contributed by atoms with E-state index in [9.17, 15) is 0 Å². The van der Waals surface area contributed by atoms with E-state index in [-0.39, 0.29) is 0 Å². The maximum Gasteiger partial charge on any atom is 0.0918 e. The molecule has 0 bridgehead atoms. The Hall–Kier alpha value is -1.57. The van der Waals surface area contributed by atoms with Crippen LogP contribution in [0.2, 0.25) is 0 Å². The van der Waals surface area contributed by atoms with Crippen LogP contribution in [0.25, 0.3) is 5.57 Å². The summed E-state index contributed by atoms with van der Waals surface area (Å²) in [6.07, 6.45) is 2.83. The van der Waals surface area contributed by atoms with Crippen LogP contribution >= 0.6 is 0 Å². The molecule has 0 aliphatic carbocycles.